The van der Waals surface area contributed by atoms with Gasteiger partial charge in [-0.05, 0) is 36.4 Å². The Hall–Kier alpha value is -2.79. The normalized spacial score (nSPS) is 15.1. The van der Waals surface area contributed by atoms with Crippen molar-refractivity contribution in [2.45, 2.75) is 6.54 Å². The van der Waals surface area contributed by atoms with E-state index in [9.17, 15) is 4.79 Å². The molecule has 5 nitrogen and oxygen atoms in total. The molecule has 0 spiro atoms. The Morgan fingerprint density at radius 2 is 1.74 bits per heavy atom. The molecule has 1 heterocycles. The SMILES string of the molecule is COc1ccc(C[NH+]2CCN(C(=O)/C=C/c3ccccc3OC)CC2)cc1. The first-order valence-electron chi connectivity index (χ1n) is 9.26. The van der Waals surface area contributed by atoms with Gasteiger partial charge in [0.05, 0.1) is 40.4 Å². The fourth-order valence-corrected chi connectivity index (χ4v) is 3.32. The van der Waals surface area contributed by atoms with Gasteiger partial charge in [0.25, 0.3) is 0 Å². The van der Waals surface area contributed by atoms with Crippen molar-refractivity contribution in [1.82, 2.24) is 4.90 Å². The fourth-order valence-electron chi connectivity index (χ4n) is 3.32. The summed E-state index contributed by atoms with van der Waals surface area (Å²) >= 11 is 0. The second-order valence-corrected chi connectivity index (χ2v) is 6.68. The van der Waals surface area contributed by atoms with Crippen molar-refractivity contribution in [2.75, 3.05) is 40.4 Å². The van der Waals surface area contributed by atoms with Crippen LogP contribution < -0.4 is 14.4 Å². The number of nitrogens with zero attached hydrogens (tertiary/aromatic N) is 1. The average molecular weight is 367 g/mol. The van der Waals surface area contributed by atoms with Gasteiger partial charge in [-0.3, -0.25) is 4.79 Å². The molecule has 1 fully saturated rings. The summed E-state index contributed by atoms with van der Waals surface area (Å²) < 4.78 is 10.5. The first-order valence-corrected chi connectivity index (χ1v) is 9.26. The van der Waals surface area contributed by atoms with E-state index >= 15 is 0 Å². The van der Waals surface area contributed by atoms with Crippen LogP contribution in [0, 0.1) is 0 Å². The van der Waals surface area contributed by atoms with Crippen LogP contribution in [0.25, 0.3) is 6.08 Å². The van der Waals surface area contributed by atoms with Crippen LogP contribution in [-0.2, 0) is 11.3 Å². The molecule has 2 aromatic carbocycles. The smallest absolute Gasteiger partial charge is 0.246 e. The summed E-state index contributed by atoms with van der Waals surface area (Å²) in [5.74, 6) is 1.71. The fraction of sp³-hybridized carbons (Fsp3) is 0.318. The lowest BCUT2D eigenvalue weighted by molar-refractivity contribution is -0.917. The number of carbonyl (C=O) groups is 1. The van der Waals surface area contributed by atoms with Crippen molar-refractivity contribution >= 4 is 12.0 Å². The number of rotatable bonds is 6. The lowest BCUT2D eigenvalue weighted by atomic mass is 10.1. The highest BCUT2D eigenvalue weighted by Crippen LogP contribution is 2.18. The van der Waals surface area contributed by atoms with E-state index in [1.54, 1.807) is 20.3 Å². The summed E-state index contributed by atoms with van der Waals surface area (Å²) in [5.41, 5.74) is 2.21. The zero-order chi connectivity index (χ0) is 19.1. The van der Waals surface area contributed by atoms with Gasteiger partial charge in [-0.2, -0.15) is 0 Å². The Balaban J connectivity index is 1.50. The second-order valence-electron chi connectivity index (χ2n) is 6.68. The maximum Gasteiger partial charge on any atom is 0.246 e. The van der Waals surface area contributed by atoms with Crippen LogP contribution in [0.1, 0.15) is 11.1 Å². The molecule has 0 radical (unpaired) electrons. The zero-order valence-corrected chi connectivity index (χ0v) is 16.0. The number of carbonyl (C=O) groups excluding carboxylic acids is 1. The monoisotopic (exact) mass is 367 g/mol. The number of methoxy groups -OCH3 is 2. The Labute approximate surface area is 160 Å². The van der Waals surface area contributed by atoms with Gasteiger partial charge in [0.1, 0.15) is 18.0 Å². The van der Waals surface area contributed by atoms with Crippen molar-refractivity contribution in [1.29, 1.82) is 0 Å². The number of para-hydroxylation sites is 1. The van der Waals surface area contributed by atoms with Crippen LogP contribution in [0.4, 0.5) is 0 Å². The Morgan fingerprint density at radius 3 is 2.41 bits per heavy atom. The van der Waals surface area contributed by atoms with Gasteiger partial charge in [0.15, 0.2) is 0 Å². The molecule has 5 heteroatoms. The summed E-state index contributed by atoms with van der Waals surface area (Å²) in [6.45, 7) is 4.45. The van der Waals surface area contributed by atoms with Crippen molar-refractivity contribution in [2.24, 2.45) is 0 Å². The first-order chi connectivity index (χ1) is 13.2. The van der Waals surface area contributed by atoms with Crippen LogP contribution in [-0.4, -0.2) is 51.2 Å². The number of hydrogen-bond donors (Lipinski definition) is 1. The quantitative estimate of drug-likeness (QED) is 0.790. The number of piperazine rings is 1. The van der Waals surface area contributed by atoms with E-state index < -0.39 is 0 Å². The zero-order valence-electron chi connectivity index (χ0n) is 16.0. The number of amides is 1. The number of benzene rings is 2. The Bertz CT molecular complexity index is 778. The minimum absolute atomic E-state index is 0.0596. The molecule has 3 rings (SSSR count). The summed E-state index contributed by atoms with van der Waals surface area (Å²) in [5, 5.41) is 0. The molecule has 0 bridgehead atoms. The largest absolute Gasteiger partial charge is 0.497 e. The average Bonchev–Trinajstić information content (AvgIpc) is 2.73. The molecule has 1 amide bonds. The van der Waals surface area contributed by atoms with Gasteiger partial charge >= 0.3 is 0 Å². The summed E-state index contributed by atoms with van der Waals surface area (Å²) in [7, 11) is 3.32. The van der Waals surface area contributed by atoms with Crippen molar-refractivity contribution in [3.8, 4) is 11.5 Å². The molecule has 1 N–H and O–H groups in total. The minimum atomic E-state index is 0.0596. The van der Waals surface area contributed by atoms with E-state index in [1.807, 2.05) is 47.4 Å². The molecule has 1 saturated heterocycles. The van der Waals surface area contributed by atoms with E-state index in [0.717, 1.165) is 49.8 Å². The van der Waals surface area contributed by atoms with Gasteiger partial charge in [-0.25, -0.2) is 0 Å². The number of quaternary nitrogens is 1. The molecule has 0 aromatic heterocycles. The maximum absolute atomic E-state index is 12.5. The summed E-state index contributed by atoms with van der Waals surface area (Å²) in [4.78, 5) is 15.9. The van der Waals surface area contributed by atoms with Crippen LogP contribution in [0.2, 0.25) is 0 Å². The lowest BCUT2D eigenvalue weighted by Crippen LogP contribution is -3.13. The van der Waals surface area contributed by atoms with Gasteiger partial charge in [0, 0.05) is 17.2 Å². The molecule has 0 atom stereocenters. The highest BCUT2D eigenvalue weighted by Gasteiger charge is 2.22. The molecule has 0 unspecified atom stereocenters. The molecule has 0 saturated carbocycles. The van der Waals surface area contributed by atoms with Gasteiger partial charge in [0.2, 0.25) is 5.91 Å². The number of ether oxygens (including phenoxy) is 2. The van der Waals surface area contributed by atoms with E-state index in [4.69, 9.17) is 9.47 Å². The molecule has 1 aliphatic rings. The topological polar surface area (TPSA) is 43.2 Å². The summed E-state index contributed by atoms with van der Waals surface area (Å²) in [6, 6.07) is 15.9. The van der Waals surface area contributed by atoms with Gasteiger partial charge < -0.3 is 19.3 Å². The molecular weight excluding hydrogens is 340 g/mol. The molecule has 1 aliphatic heterocycles. The van der Waals surface area contributed by atoms with Gasteiger partial charge in [-0.1, -0.05) is 18.2 Å². The third-order valence-electron chi connectivity index (χ3n) is 4.94. The maximum atomic E-state index is 12.5. The van der Waals surface area contributed by atoms with Crippen LogP contribution >= 0.6 is 0 Å². The van der Waals surface area contributed by atoms with E-state index in [2.05, 4.69) is 12.1 Å². The predicted molar refractivity (Wildman–Crippen MR) is 106 cm³/mol. The van der Waals surface area contributed by atoms with E-state index in [-0.39, 0.29) is 5.91 Å². The lowest BCUT2D eigenvalue weighted by Gasteiger charge is -2.31. The molecule has 0 aliphatic carbocycles. The number of hydrogen-bond acceptors (Lipinski definition) is 3. The third-order valence-corrected chi connectivity index (χ3v) is 4.94. The van der Waals surface area contributed by atoms with Crippen molar-refractivity contribution < 1.29 is 19.2 Å². The molecule has 142 valence electrons. The van der Waals surface area contributed by atoms with E-state index in [1.165, 1.54) is 10.5 Å². The van der Waals surface area contributed by atoms with Crippen molar-refractivity contribution in [3.63, 3.8) is 0 Å². The minimum Gasteiger partial charge on any atom is -0.497 e. The molecule has 2 aromatic rings. The first kappa shape index (κ1) is 19.0. The molecule has 27 heavy (non-hydrogen) atoms. The van der Waals surface area contributed by atoms with Crippen LogP contribution in [0.5, 0.6) is 11.5 Å². The highest BCUT2D eigenvalue weighted by atomic mass is 16.5. The van der Waals surface area contributed by atoms with Crippen LogP contribution in [0.15, 0.2) is 54.6 Å². The van der Waals surface area contributed by atoms with Crippen molar-refractivity contribution in [3.05, 3.63) is 65.7 Å². The third kappa shape index (κ3) is 5.11. The Morgan fingerprint density at radius 1 is 1.04 bits per heavy atom. The summed E-state index contributed by atoms with van der Waals surface area (Å²) in [6.07, 6.45) is 3.48. The highest BCUT2D eigenvalue weighted by molar-refractivity contribution is 5.92. The second kappa shape index (κ2) is 9.24. The molecular formula is C22H27N2O3+. The standard InChI is InChI=1S/C22H26N2O3/c1-26-20-10-7-18(8-11-20)17-23-13-15-24(16-14-23)22(25)12-9-19-5-3-4-6-21(19)27-2/h3-12H,13-17H2,1-2H3/p+1/b12-9+. The van der Waals surface area contributed by atoms with E-state index in [0.29, 0.717) is 0 Å². The Kier molecular flexibility index (Phi) is 6.49. The van der Waals surface area contributed by atoms with Gasteiger partial charge in [-0.15, -0.1) is 0 Å². The number of nitrogens with one attached hydrogen (secondary N) is 1. The van der Waals surface area contributed by atoms with Crippen LogP contribution in [0.3, 0.4) is 0 Å². The predicted octanol–water partition coefficient (Wildman–Crippen LogP) is 1.64.